The van der Waals surface area contributed by atoms with E-state index in [1.165, 1.54) is 0 Å². The van der Waals surface area contributed by atoms with Crippen molar-refractivity contribution >= 4 is 28.5 Å². The maximum absolute atomic E-state index is 11.8. The summed E-state index contributed by atoms with van der Waals surface area (Å²) in [4.78, 5) is 11.8. The van der Waals surface area contributed by atoms with Gasteiger partial charge in [0, 0.05) is 17.8 Å². The smallest absolute Gasteiger partial charge is 0.226 e. The number of rotatable bonds is 6. The fourth-order valence-electron chi connectivity index (χ4n) is 1.86. The van der Waals surface area contributed by atoms with E-state index in [1.54, 1.807) is 0 Å². The molecule has 0 bridgehead atoms. The van der Waals surface area contributed by atoms with Gasteiger partial charge in [-0.25, -0.2) is 0 Å². The Balaban J connectivity index is 1.92. The third-order valence-electron chi connectivity index (χ3n) is 3.03. The molecule has 0 saturated carbocycles. The van der Waals surface area contributed by atoms with Gasteiger partial charge in [-0.2, -0.15) is 0 Å². The Labute approximate surface area is 117 Å². The summed E-state index contributed by atoms with van der Waals surface area (Å²) in [6.07, 6.45) is 1.14. The van der Waals surface area contributed by atoms with Gasteiger partial charge in [-0.3, -0.25) is 4.79 Å². The third-order valence-corrected chi connectivity index (χ3v) is 3.25. The zero-order chi connectivity index (χ0) is 13.7. The quantitative estimate of drug-likeness (QED) is 0.828. The number of nitrogens with one attached hydrogen (secondary N) is 1. The average molecular weight is 281 g/mol. The molecule has 0 aliphatic heterocycles. The van der Waals surface area contributed by atoms with Crippen molar-refractivity contribution < 1.29 is 9.32 Å². The number of benzene rings is 1. The van der Waals surface area contributed by atoms with Crippen LogP contribution < -0.4 is 5.32 Å². The first-order chi connectivity index (χ1) is 9.20. The van der Waals surface area contributed by atoms with Crippen LogP contribution in [0.25, 0.3) is 11.0 Å². The van der Waals surface area contributed by atoms with Gasteiger partial charge in [0.15, 0.2) is 5.58 Å². The minimum atomic E-state index is -0.0412. The lowest BCUT2D eigenvalue weighted by Crippen LogP contribution is -2.29. The highest BCUT2D eigenvalue weighted by atomic mass is 35.5. The number of aromatic nitrogens is 1. The van der Waals surface area contributed by atoms with E-state index in [9.17, 15) is 4.79 Å². The molecule has 0 aliphatic carbocycles. The van der Waals surface area contributed by atoms with Crippen molar-refractivity contribution in [2.45, 2.75) is 19.8 Å². The second-order valence-electron chi connectivity index (χ2n) is 4.69. The normalized spacial score (nSPS) is 12.5. The van der Waals surface area contributed by atoms with Crippen molar-refractivity contribution in [1.29, 1.82) is 0 Å². The molecule has 2 aromatic rings. The van der Waals surface area contributed by atoms with Crippen LogP contribution in [-0.4, -0.2) is 23.5 Å². The first-order valence-corrected chi connectivity index (χ1v) is 6.90. The fourth-order valence-corrected chi connectivity index (χ4v) is 2.23. The molecule has 1 aromatic carbocycles. The minimum Gasteiger partial charge on any atom is -0.356 e. The van der Waals surface area contributed by atoms with Gasteiger partial charge < -0.3 is 9.84 Å². The first kappa shape index (κ1) is 13.9. The summed E-state index contributed by atoms with van der Waals surface area (Å²) >= 11 is 5.66. The molecule has 1 atom stereocenters. The summed E-state index contributed by atoms with van der Waals surface area (Å²) in [7, 11) is 0. The van der Waals surface area contributed by atoms with Gasteiger partial charge in [-0.15, -0.1) is 11.6 Å². The van der Waals surface area contributed by atoms with Gasteiger partial charge in [-0.05, 0) is 24.5 Å². The number of fused-ring (bicyclic) bond motifs is 1. The van der Waals surface area contributed by atoms with Crippen LogP contribution in [0.1, 0.15) is 19.0 Å². The molecule has 0 spiro atoms. The Morgan fingerprint density at radius 2 is 2.26 bits per heavy atom. The highest BCUT2D eigenvalue weighted by Gasteiger charge is 2.12. The highest BCUT2D eigenvalue weighted by Crippen LogP contribution is 2.17. The van der Waals surface area contributed by atoms with Gasteiger partial charge in [0.2, 0.25) is 5.91 Å². The molecule has 0 aliphatic rings. The first-order valence-electron chi connectivity index (χ1n) is 6.36. The molecule has 102 valence electrons. The maximum atomic E-state index is 11.8. The molecule has 5 heteroatoms. The second-order valence-corrected chi connectivity index (χ2v) is 5.07. The fraction of sp³-hybridized carbons (Fsp3) is 0.429. The molecule has 0 fully saturated rings. The largest absolute Gasteiger partial charge is 0.356 e. The van der Waals surface area contributed by atoms with Crippen LogP contribution in [0.15, 0.2) is 28.8 Å². The number of halogens is 1. The average Bonchev–Trinajstić information content (AvgIpc) is 2.80. The Kier molecular flexibility index (Phi) is 4.80. The Bertz CT molecular complexity index is 553. The number of amides is 1. The maximum Gasteiger partial charge on any atom is 0.226 e. The number of carbonyl (C=O) groups excluding carboxylic acids is 1. The number of hydrogen-bond donors (Lipinski definition) is 1. The Morgan fingerprint density at radius 3 is 3.05 bits per heavy atom. The number of alkyl halides is 1. The number of hydrogen-bond acceptors (Lipinski definition) is 3. The molecular weight excluding hydrogens is 264 g/mol. The van der Waals surface area contributed by atoms with Crippen LogP contribution in [0.2, 0.25) is 0 Å². The van der Waals surface area contributed by atoms with Gasteiger partial charge >= 0.3 is 0 Å². The number of para-hydroxylation sites is 1. The topological polar surface area (TPSA) is 55.1 Å². The lowest BCUT2D eigenvalue weighted by molar-refractivity contribution is -0.120. The molecule has 0 radical (unpaired) electrons. The number of nitrogens with zero attached hydrogens (tertiary/aromatic N) is 1. The van der Waals surface area contributed by atoms with Crippen molar-refractivity contribution in [1.82, 2.24) is 10.5 Å². The summed E-state index contributed by atoms with van der Waals surface area (Å²) in [6, 6.07) is 7.53. The van der Waals surface area contributed by atoms with Crippen LogP contribution in [0.5, 0.6) is 0 Å². The number of carbonyl (C=O) groups is 1. The van der Waals surface area contributed by atoms with Gasteiger partial charge in [0.1, 0.15) is 5.69 Å². The van der Waals surface area contributed by atoms with E-state index in [4.69, 9.17) is 16.1 Å². The summed E-state index contributed by atoms with van der Waals surface area (Å²) in [6.45, 7) is 2.70. The zero-order valence-corrected chi connectivity index (χ0v) is 11.6. The summed E-state index contributed by atoms with van der Waals surface area (Å²) < 4.78 is 5.17. The van der Waals surface area contributed by atoms with Crippen LogP contribution in [0.3, 0.4) is 0 Å². The van der Waals surface area contributed by atoms with Crippen LogP contribution in [-0.2, 0) is 11.2 Å². The van der Waals surface area contributed by atoms with Crippen molar-refractivity contribution in [2.75, 3.05) is 12.4 Å². The van der Waals surface area contributed by atoms with Crippen molar-refractivity contribution in [2.24, 2.45) is 5.92 Å². The standard InChI is InChI=1S/C14H17ClN2O2/c1-10(6-7-15)9-16-14(18)8-12-11-4-2-3-5-13(11)19-17-12/h2-5,10H,6-9H2,1H3,(H,16,18). The second kappa shape index (κ2) is 6.57. The van der Waals surface area contributed by atoms with Crippen LogP contribution in [0.4, 0.5) is 0 Å². The van der Waals surface area contributed by atoms with E-state index in [1.807, 2.05) is 24.3 Å². The van der Waals surface area contributed by atoms with E-state index in [2.05, 4.69) is 17.4 Å². The molecule has 2 rings (SSSR count). The third kappa shape index (κ3) is 3.70. The summed E-state index contributed by atoms with van der Waals surface area (Å²) in [5.74, 6) is 0.960. The Hall–Kier alpha value is -1.55. The zero-order valence-electron chi connectivity index (χ0n) is 10.9. The van der Waals surface area contributed by atoms with E-state index >= 15 is 0 Å². The Morgan fingerprint density at radius 1 is 1.47 bits per heavy atom. The van der Waals surface area contributed by atoms with E-state index in [-0.39, 0.29) is 12.3 Å². The lowest BCUT2D eigenvalue weighted by Gasteiger charge is -2.10. The van der Waals surface area contributed by atoms with E-state index in [0.29, 0.717) is 29.6 Å². The SMILES string of the molecule is CC(CCCl)CNC(=O)Cc1noc2ccccc12. The molecule has 0 saturated heterocycles. The van der Waals surface area contributed by atoms with Crippen molar-refractivity contribution in [3.05, 3.63) is 30.0 Å². The minimum absolute atomic E-state index is 0.0412. The van der Waals surface area contributed by atoms with Gasteiger partial charge in [0.25, 0.3) is 0 Å². The molecule has 1 heterocycles. The van der Waals surface area contributed by atoms with Gasteiger partial charge in [-0.1, -0.05) is 24.2 Å². The molecule has 1 N–H and O–H groups in total. The summed E-state index contributed by atoms with van der Waals surface area (Å²) in [5, 5.41) is 7.73. The van der Waals surface area contributed by atoms with Crippen molar-refractivity contribution in [3.63, 3.8) is 0 Å². The van der Waals surface area contributed by atoms with Crippen LogP contribution >= 0.6 is 11.6 Å². The molecule has 19 heavy (non-hydrogen) atoms. The van der Waals surface area contributed by atoms with E-state index in [0.717, 1.165) is 11.8 Å². The monoisotopic (exact) mass is 280 g/mol. The molecule has 4 nitrogen and oxygen atoms in total. The predicted octanol–water partition coefficient (Wildman–Crippen LogP) is 2.75. The highest BCUT2D eigenvalue weighted by molar-refractivity contribution is 6.17. The molecule has 1 aromatic heterocycles. The van der Waals surface area contributed by atoms with Gasteiger partial charge in [0.05, 0.1) is 6.42 Å². The molecule has 1 amide bonds. The molecule has 1 unspecified atom stereocenters. The predicted molar refractivity (Wildman–Crippen MR) is 75.2 cm³/mol. The van der Waals surface area contributed by atoms with Crippen LogP contribution in [0, 0.1) is 5.92 Å². The van der Waals surface area contributed by atoms with E-state index < -0.39 is 0 Å². The lowest BCUT2D eigenvalue weighted by atomic mass is 10.1. The summed E-state index contributed by atoms with van der Waals surface area (Å²) in [5.41, 5.74) is 1.39. The van der Waals surface area contributed by atoms with Crippen molar-refractivity contribution in [3.8, 4) is 0 Å². The molecular formula is C14H17ClN2O2.